The van der Waals surface area contributed by atoms with Gasteiger partial charge in [-0.05, 0) is 17.7 Å². The van der Waals surface area contributed by atoms with E-state index in [0.717, 1.165) is 33.5 Å². The number of thiophene rings is 1. The summed E-state index contributed by atoms with van der Waals surface area (Å²) in [6, 6.07) is 14.3. The summed E-state index contributed by atoms with van der Waals surface area (Å²) in [7, 11) is 1.92. The second kappa shape index (κ2) is 5.48. The third kappa shape index (κ3) is 2.47. The zero-order valence-corrected chi connectivity index (χ0v) is 13.5. The monoisotopic (exact) mass is 317 g/mol. The minimum atomic E-state index is 0.909. The molecule has 4 rings (SSSR count). The van der Waals surface area contributed by atoms with Crippen LogP contribution < -0.4 is 0 Å². The van der Waals surface area contributed by atoms with Crippen molar-refractivity contribution in [1.82, 2.24) is 14.8 Å². The Hall–Kier alpha value is -2.72. The van der Waals surface area contributed by atoms with Gasteiger partial charge in [0.05, 0.1) is 22.1 Å². The maximum absolute atomic E-state index is 4.87. The van der Waals surface area contributed by atoms with E-state index in [2.05, 4.69) is 35.3 Å². The molecule has 4 aromatic rings. The third-order valence-corrected chi connectivity index (χ3v) is 4.80. The lowest BCUT2D eigenvalue weighted by atomic mass is 10.0. The molecule has 0 radical (unpaired) electrons. The van der Waals surface area contributed by atoms with Gasteiger partial charge in [-0.1, -0.05) is 36.9 Å². The maximum atomic E-state index is 4.87. The van der Waals surface area contributed by atoms with E-state index in [1.165, 1.54) is 4.70 Å². The summed E-state index contributed by atoms with van der Waals surface area (Å²) in [5.74, 6) is 0. The van der Waals surface area contributed by atoms with Crippen LogP contribution in [0.1, 0.15) is 11.3 Å². The quantitative estimate of drug-likeness (QED) is 0.545. The van der Waals surface area contributed by atoms with Crippen LogP contribution in [-0.2, 0) is 7.05 Å². The number of benzene rings is 1. The summed E-state index contributed by atoms with van der Waals surface area (Å²) in [6.07, 6.45) is 3.89. The normalized spacial score (nSPS) is 11.0. The van der Waals surface area contributed by atoms with Gasteiger partial charge in [0.2, 0.25) is 0 Å². The van der Waals surface area contributed by atoms with Gasteiger partial charge in [-0.15, -0.1) is 11.3 Å². The van der Waals surface area contributed by atoms with E-state index in [-0.39, 0.29) is 0 Å². The van der Waals surface area contributed by atoms with Crippen LogP contribution in [0, 0.1) is 0 Å². The van der Waals surface area contributed by atoms with E-state index in [1.807, 2.05) is 48.4 Å². The van der Waals surface area contributed by atoms with Crippen LogP contribution in [0.3, 0.4) is 0 Å². The van der Waals surface area contributed by atoms with Crippen LogP contribution in [0.4, 0.5) is 0 Å². The molecule has 112 valence electrons. The van der Waals surface area contributed by atoms with Gasteiger partial charge in [0, 0.05) is 35.3 Å². The van der Waals surface area contributed by atoms with Crippen molar-refractivity contribution in [2.24, 2.45) is 7.05 Å². The van der Waals surface area contributed by atoms with Gasteiger partial charge in [0.1, 0.15) is 0 Å². The molecule has 0 unspecified atom stereocenters. The van der Waals surface area contributed by atoms with Gasteiger partial charge in [-0.3, -0.25) is 4.68 Å². The highest BCUT2D eigenvalue weighted by atomic mass is 32.1. The molecule has 0 N–H and O–H groups in total. The lowest BCUT2D eigenvalue weighted by molar-refractivity contribution is 0.768. The van der Waals surface area contributed by atoms with Gasteiger partial charge in [0.15, 0.2) is 0 Å². The lowest BCUT2D eigenvalue weighted by Crippen LogP contribution is -1.90. The first kappa shape index (κ1) is 13.9. The summed E-state index contributed by atoms with van der Waals surface area (Å²) >= 11 is 1.71. The van der Waals surface area contributed by atoms with E-state index < -0.39 is 0 Å². The number of fused-ring (bicyclic) bond motifs is 1. The van der Waals surface area contributed by atoms with Crippen molar-refractivity contribution in [2.45, 2.75) is 0 Å². The highest BCUT2D eigenvalue weighted by Crippen LogP contribution is 2.33. The Kier molecular flexibility index (Phi) is 3.32. The molecule has 0 spiro atoms. The standard InChI is InChI=1S/C19H15N3S/c1-13(14-6-4-3-5-7-14)17-8-9-18-19(21-17)16(12-23-18)15-10-20-22(2)11-15/h3-12H,1H2,2H3. The van der Waals surface area contributed by atoms with Crippen molar-refractivity contribution < 1.29 is 0 Å². The minimum Gasteiger partial charge on any atom is -0.275 e. The first-order chi connectivity index (χ1) is 11.2. The van der Waals surface area contributed by atoms with Gasteiger partial charge in [0.25, 0.3) is 0 Å². The smallest absolute Gasteiger partial charge is 0.0896 e. The van der Waals surface area contributed by atoms with Crippen molar-refractivity contribution in [2.75, 3.05) is 0 Å². The molecule has 1 aromatic carbocycles. The number of rotatable bonds is 3. The number of hydrogen-bond donors (Lipinski definition) is 0. The molecule has 0 atom stereocenters. The maximum Gasteiger partial charge on any atom is 0.0896 e. The summed E-state index contributed by atoms with van der Waals surface area (Å²) in [6.45, 7) is 4.22. The zero-order valence-electron chi connectivity index (χ0n) is 12.7. The van der Waals surface area contributed by atoms with Crippen LogP contribution in [0.5, 0.6) is 0 Å². The van der Waals surface area contributed by atoms with Crippen molar-refractivity contribution in [1.29, 1.82) is 0 Å². The fourth-order valence-corrected chi connectivity index (χ4v) is 3.54. The lowest BCUT2D eigenvalue weighted by Gasteiger charge is -2.06. The molecule has 0 bridgehead atoms. The minimum absolute atomic E-state index is 0.909. The highest BCUT2D eigenvalue weighted by Gasteiger charge is 2.12. The molecule has 0 saturated heterocycles. The van der Waals surface area contributed by atoms with Gasteiger partial charge in [-0.2, -0.15) is 5.10 Å². The van der Waals surface area contributed by atoms with Crippen molar-refractivity contribution >= 4 is 27.1 Å². The van der Waals surface area contributed by atoms with Crippen molar-refractivity contribution in [3.63, 3.8) is 0 Å². The Morgan fingerprint density at radius 1 is 1.13 bits per heavy atom. The first-order valence-corrected chi connectivity index (χ1v) is 8.22. The first-order valence-electron chi connectivity index (χ1n) is 7.34. The average Bonchev–Trinajstić information content (AvgIpc) is 3.20. The third-order valence-electron chi connectivity index (χ3n) is 3.86. The van der Waals surface area contributed by atoms with Crippen LogP contribution >= 0.6 is 11.3 Å². The Labute approximate surface area is 138 Å². The molecular formula is C19H15N3S. The van der Waals surface area contributed by atoms with E-state index in [4.69, 9.17) is 4.98 Å². The largest absolute Gasteiger partial charge is 0.275 e. The Bertz CT molecular complexity index is 996. The number of aromatic nitrogens is 3. The molecule has 23 heavy (non-hydrogen) atoms. The molecular weight excluding hydrogens is 302 g/mol. The van der Waals surface area contributed by atoms with Crippen LogP contribution in [0.25, 0.3) is 26.9 Å². The molecule has 3 heterocycles. The number of aryl methyl sites for hydroxylation is 1. The molecule has 3 aromatic heterocycles. The SMILES string of the molecule is C=C(c1ccccc1)c1ccc2scc(-c3cnn(C)c3)c2n1. The molecule has 0 aliphatic heterocycles. The Morgan fingerprint density at radius 3 is 2.70 bits per heavy atom. The van der Waals surface area contributed by atoms with E-state index >= 15 is 0 Å². The van der Waals surface area contributed by atoms with Gasteiger partial charge >= 0.3 is 0 Å². The molecule has 3 nitrogen and oxygen atoms in total. The second-order valence-corrected chi connectivity index (χ2v) is 6.35. The summed E-state index contributed by atoms with van der Waals surface area (Å²) in [5, 5.41) is 6.40. The van der Waals surface area contributed by atoms with E-state index in [0.29, 0.717) is 0 Å². The zero-order chi connectivity index (χ0) is 15.8. The van der Waals surface area contributed by atoms with E-state index in [9.17, 15) is 0 Å². The predicted molar refractivity (Wildman–Crippen MR) is 96.4 cm³/mol. The molecule has 0 aliphatic carbocycles. The topological polar surface area (TPSA) is 30.7 Å². The number of nitrogens with zero attached hydrogens (tertiary/aromatic N) is 3. The van der Waals surface area contributed by atoms with E-state index in [1.54, 1.807) is 11.3 Å². The average molecular weight is 317 g/mol. The fraction of sp³-hybridized carbons (Fsp3) is 0.0526. The number of pyridine rings is 1. The Balaban J connectivity index is 1.83. The Morgan fingerprint density at radius 2 is 1.96 bits per heavy atom. The van der Waals surface area contributed by atoms with Gasteiger partial charge in [-0.25, -0.2) is 4.98 Å². The highest BCUT2D eigenvalue weighted by molar-refractivity contribution is 7.17. The predicted octanol–water partition coefficient (Wildman–Crippen LogP) is 4.76. The van der Waals surface area contributed by atoms with Crippen LogP contribution in [0.2, 0.25) is 0 Å². The molecule has 0 amide bonds. The fourth-order valence-electron chi connectivity index (χ4n) is 2.63. The molecule has 0 saturated carbocycles. The number of hydrogen-bond acceptors (Lipinski definition) is 3. The summed E-state index contributed by atoms with van der Waals surface area (Å²) in [4.78, 5) is 4.87. The molecule has 0 fully saturated rings. The summed E-state index contributed by atoms with van der Waals surface area (Å²) in [5.41, 5.74) is 6.17. The van der Waals surface area contributed by atoms with Crippen LogP contribution in [-0.4, -0.2) is 14.8 Å². The van der Waals surface area contributed by atoms with Crippen molar-refractivity contribution in [3.8, 4) is 11.1 Å². The summed E-state index contributed by atoms with van der Waals surface area (Å²) < 4.78 is 2.99. The van der Waals surface area contributed by atoms with Crippen molar-refractivity contribution in [3.05, 3.63) is 78.1 Å². The molecule has 4 heteroatoms. The van der Waals surface area contributed by atoms with Crippen LogP contribution in [0.15, 0.2) is 66.8 Å². The van der Waals surface area contributed by atoms with Gasteiger partial charge < -0.3 is 0 Å². The molecule has 0 aliphatic rings. The second-order valence-electron chi connectivity index (χ2n) is 5.44.